The molecule has 3 aromatic rings. The van der Waals surface area contributed by atoms with Gasteiger partial charge in [-0.3, -0.25) is 0 Å². The summed E-state index contributed by atoms with van der Waals surface area (Å²) in [6.07, 6.45) is 0. The Bertz CT molecular complexity index is 709. The van der Waals surface area contributed by atoms with E-state index in [1.165, 1.54) is 0 Å². The number of aromatic nitrogens is 2. The lowest BCUT2D eigenvalue weighted by Crippen LogP contribution is -1.92. The molecule has 3 rings (SSSR count). The van der Waals surface area contributed by atoms with Crippen LogP contribution in [-0.2, 0) is 0 Å². The first-order valence-corrected chi connectivity index (χ1v) is 6.78. The maximum Gasteiger partial charge on any atom is 0.248 e. The van der Waals surface area contributed by atoms with Gasteiger partial charge in [0.05, 0.1) is 0 Å². The van der Waals surface area contributed by atoms with E-state index in [2.05, 4.69) is 10.2 Å². The normalized spacial score (nSPS) is 12.3. The summed E-state index contributed by atoms with van der Waals surface area (Å²) in [5, 5.41) is 7.72. The van der Waals surface area contributed by atoms with Crippen molar-refractivity contribution in [3.05, 3.63) is 71.6 Å². The van der Waals surface area contributed by atoms with Gasteiger partial charge in [0, 0.05) is 5.56 Å². The number of hydrogen-bond donors (Lipinski definition) is 0. The second kappa shape index (κ2) is 5.47. The van der Waals surface area contributed by atoms with Crippen molar-refractivity contribution >= 4 is 11.6 Å². The van der Waals surface area contributed by atoms with E-state index in [4.69, 9.17) is 16.0 Å². The number of rotatable bonds is 3. The molecule has 0 aliphatic heterocycles. The average molecular weight is 285 g/mol. The zero-order valence-electron chi connectivity index (χ0n) is 11.0. The summed E-state index contributed by atoms with van der Waals surface area (Å²) < 4.78 is 5.71. The molecule has 0 aliphatic carbocycles. The predicted octanol–water partition coefficient (Wildman–Crippen LogP) is 4.37. The monoisotopic (exact) mass is 284 g/mol. The van der Waals surface area contributed by atoms with Gasteiger partial charge < -0.3 is 4.42 Å². The third kappa shape index (κ3) is 2.45. The van der Waals surface area contributed by atoms with Gasteiger partial charge in [0.15, 0.2) is 0 Å². The minimum Gasteiger partial charge on any atom is -0.419 e. The summed E-state index contributed by atoms with van der Waals surface area (Å²) in [5.74, 6) is 0.913. The van der Waals surface area contributed by atoms with Crippen molar-refractivity contribution in [3.8, 4) is 11.5 Å². The number of hydrogen-bond acceptors (Lipinski definition) is 3. The van der Waals surface area contributed by atoms with Crippen LogP contribution in [0, 0.1) is 6.92 Å². The predicted molar refractivity (Wildman–Crippen MR) is 78.6 cm³/mol. The van der Waals surface area contributed by atoms with Crippen molar-refractivity contribution < 1.29 is 4.42 Å². The largest absolute Gasteiger partial charge is 0.419 e. The van der Waals surface area contributed by atoms with Crippen molar-refractivity contribution in [2.75, 3.05) is 0 Å². The lowest BCUT2D eigenvalue weighted by molar-refractivity contribution is 0.513. The molecule has 0 saturated heterocycles. The van der Waals surface area contributed by atoms with E-state index < -0.39 is 5.38 Å². The molecule has 1 atom stereocenters. The molecule has 1 heterocycles. The van der Waals surface area contributed by atoms with Gasteiger partial charge in [-0.15, -0.1) is 21.8 Å². The highest BCUT2D eigenvalue weighted by Crippen LogP contribution is 2.30. The Hall–Kier alpha value is -2.13. The standard InChI is InChI=1S/C16H13ClN2O/c1-11-7-5-6-10-13(11)15-18-19-16(20-15)14(17)12-8-3-2-4-9-12/h2-10,14H,1H3. The highest BCUT2D eigenvalue weighted by Gasteiger charge is 2.19. The third-order valence-electron chi connectivity index (χ3n) is 3.13. The van der Waals surface area contributed by atoms with E-state index >= 15 is 0 Å². The SMILES string of the molecule is Cc1ccccc1-c1nnc(C(Cl)c2ccccc2)o1. The van der Waals surface area contributed by atoms with Crippen LogP contribution >= 0.6 is 11.6 Å². The first kappa shape index (κ1) is 12.9. The van der Waals surface area contributed by atoms with Gasteiger partial charge in [-0.05, 0) is 24.1 Å². The molecule has 4 heteroatoms. The van der Waals surface area contributed by atoms with Crippen molar-refractivity contribution in [1.82, 2.24) is 10.2 Å². The second-order valence-electron chi connectivity index (χ2n) is 4.53. The molecule has 0 spiro atoms. The van der Waals surface area contributed by atoms with Crippen LogP contribution in [0.4, 0.5) is 0 Å². The number of alkyl halides is 1. The molecule has 1 unspecified atom stereocenters. The van der Waals surface area contributed by atoms with Gasteiger partial charge in [0.1, 0.15) is 5.38 Å². The maximum absolute atomic E-state index is 6.38. The molecule has 0 bridgehead atoms. The molecule has 0 saturated carbocycles. The summed E-state index contributed by atoms with van der Waals surface area (Å²) in [5.41, 5.74) is 2.96. The molecular formula is C16H13ClN2O. The van der Waals surface area contributed by atoms with Crippen LogP contribution in [0.1, 0.15) is 22.4 Å². The number of benzene rings is 2. The lowest BCUT2D eigenvalue weighted by atomic mass is 10.1. The van der Waals surface area contributed by atoms with Gasteiger partial charge in [0.25, 0.3) is 0 Å². The molecule has 0 N–H and O–H groups in total. The van der Waals surface area contributed by atoms with Crippen LogP contribution in [0.5, 0.6) is 0 Å². The molecule has 100 valence electrons. The summed E-state index contributed by atoms with van der Waals surface area (Å²) in [6, 6.07) is 17.6. The van der Waals surface area contributed by atoms with Crippen molar-refractivity contribution in [3.63, 3.8) is 0 Å². The van der Waals surface area contributed by atoms with Crippen LogP contribution in [0.25, 0.3) is 11.5 Å². The van der Waals surface area contributed by atoms with Gasteiger partial charge >= 0.3 is 0 Å². The van der Waals surface area contributed by atoms with Crippen LogP contribution in [-0.4, -0.2) is 10.2 Å². The number of halogens is 1. The van der Waals surface area contributed by atoms with Gasteiger partial charge in [-0.25, -0.2) is 0 Å². The summed E-state index contributed by atoms with van der Waals surface area (Å²) in [6.45, 7) is 2.01. The van der Waals surface area contributed by atoms with Gasteiger partial charge in [-0.1, -0.05) is 48.5 Å². The molecule has 2 aromatic carbocycles. The molecule has 3 nitrogen and oxygen atoms in total. The van der Waals surface area contributed by atoms with E-state index in [1.54, 1.807) is 0 Å². The van der Waals surface area contributed by atoms with E-state index in [0.717, 1.165) is 16.7 Å². The fraction of sp³-hybridized carbons (Fsp3) is 0.125. The molecule has 0 fully saturated rings. The highest BCUT2D eigenvalue weighted by atomic mass is 35.5. The zero-order chi connectivity index (χ0) is 13.9. The van der Waals surface area contributed by atoms with Crippen LogP contribution < -0.4 is 0 Å². The molecule has 0 radical (unpaired) electrons. The summed E-state index contributed by atoms with van der Waals surface area (Å²) >= 11 is 6.38. The van der Waals surface area contributed by atoms with Crippen molar-refractivity contribution in [2.24, 2.45) is 0 Å². The van der Waals surface area contributed by atoms with Crippen LogP contribution in [0.2, 0.25) is 0 Å². The quantitative estimate of drug-likeness (QED) is 0.670. The van der Waals surface area contributed by atoms with E-state index in [9.17, 15) is 0 Å². The Morgan fingerprint density at radius 3 is 2.40 bits per heavy atom. The minimum atomic E-state index is -0.429. The smallest absolute Gasteiger partial charge is 0.248 e. The molecule has 1 aromatic heterocycles. The first-order valence-electron chi connectivity index (χ1n) is 6.34. The fourth-order valence-corrected chi connectivity index (χ4v) is 2.26. The van der Waals surface area contributed by atoms with Crippen LogP contribution in [0.3, 0.4) is 0 Å². The minimum absolute atomic E-state index is 0.413. The van der Waals surface area contributed by atoms with Crippen molar-refractivity contribution in [2.45, 2.75) is 12.3 Å². The Morgan fingerprint density at radius 2 is 1.65 bits per heavy atom. The molecule has 20 heavy (non-hydrogen) atoms. The Morgan fingerprint density at radius 1 is 0.950 bits per heavy atom. The number of aryl methyl sites for hydroxylation is 1. The highest BCUT2D eigenvalue weighted by molar-refractivity contribution is 6.22. The van der Waals surface area contributed by atoms with Crippen LogP contribution in [0.15, 0.2) is 59.0 Å². The average Bonchev–Trinajstić information content (AvgIpc) is 2.97. The zero-order valence-corrected chi connectivity index (χ0v) is 11.7. The molecule has 0 amide bonds. The lowest BCUT2D eigenvalue weighted by Gasteiger charge is -2.04. The van der Waals surface area contributed by atoms with Crippen molar-refractivity contribution in [1.29, 1.82) is 0 Å². The maximum atomic E-state index is 6.38. The van der Waals surface area contributed by atoms with E-state index in [-0.39, 0.29) is 0 Å². The Kier molecular flexibility index (Phi) is 3.52. The summed E-state index contributed by atoms with van der Waals surface area (Å²) in [7, 11) is 0. The summed E-state index contributed by atoms with van der Waals surface area (Å²) in [4.78, 5) is 0. The van der Waals surface area contributed by atoms with E-state index in [1.807, 2.05) is 61.5 Å². The van der Waals surface area contributed by atoms with E-state index in [0.29, 0.717) is 11.8 Å². The fourth-order valence-electron chi connectivity index (χ4n) is 2.02. The first-order chi connectivity index (χ1) is 9.75. The van der Waals surface area contributed by atoms with Gasteiger partial charge in [-0.2, -0.15) is 0 Å². The Labute approximate surface area is 122 Å². The topological polar surface area (TPSA) is 38.9 Å². The number of nitrogens with zero attached hydrogens (tertiary/aromatic N) is 2. The third-order valence-corrected chi connectivity index (χ3v) is 3.56. The van der Waals surface area contributed by atoms with Gasteiger partial charge in [0.2, 0.25) is 11.8 Å². The molecular weight excluding hydrogens is 272 g/mol. The second-order valence-corrected chi connectivity index (χ2v) is 4.97. The Balaban J connectivity index is 1.93. The molecule has 0 aliphatic rings.